The number of nitrogens with zero attached hydrogens (tertiary/aromatic N) is 2. The van der Waals surface area contributed by atoms with Crippen LogP contribution in [0.5, 0.6) is 11.5 Å². The van der Waals surface area contributed by atoms with Gasteiger partial charge in [0, 0.05) is 23.4 Å². The SMILES string of the molecule is COc1cc(C=NNC(=O)CCc2n[nH]c(=O)[nH]c2=O)ccc1OCc1ccccc1Cl. The van der Waals surface area contributed by atoms with Crippen LogP contribution >= 0.6 is 11.6 Å². The van der Waals surface area contributed by atoms with Crippen LogP contribution in [0.25, 0.3) is 0 Å². The lowest BCUT2D eigenvalue weighted by Crippen LogP contribution is -2.28. The molecule has 11 heteroatoms. The summed E-state index contributed by atoms with van der Waals surface area (Å²) in [6, 6.07) is 12.6. The number of hydrogen-bond donors (Lipinski definition) is 3. The van der Waals surface area contributed by atoms with Crippen molar-refractivity contribution in [1.29, 1.82) is 0 Å². The maximum absolute atomic E-state index is 11.9. The van der Waals surface area contributed by atoms with E-state index in [2.05, 4.69) is 20.7 Å². The summed E-state index contributed by atoms with van der Waals surface area (Å²) < 4.78 is 11.2. The Morgan fingerprint density at radius 2 is 2.03 bits per heavy atom. The number of aryl methyl sites for hydroxylation is 1. The number of ether oxygens (including phenoxy) is 2. The lowest BCUT2D eigenvalue weighted by molar-refractivity contribution is -0.121. The average Bonchev–Trinajstić information content (AvgIpc) is 2.78. The molecule has 3 N–H and O–H groups in total. The zero-order valence-electron chi connectivity index (χ0n) is 17.1. The van der Waals surface area contributed by atoms with Crippen LogP contribution in [0.4, 0.5) is 0 Å². The van der Waals surface area contributed by atoms with Gasteiger partial charge in [0.2, 0.25) is 5.91 Å². The Morgan fingerprint density at radius 3 is 2.78 bits per heavy atom. The smallest absolute Gasteiger partial charge is 0.342 e. The fraction of sp³-hybridized carbons (Fsp3) is 0.190. The van der Waals surface area contributed by atoms with Crippen molar-refractivity contribution in [3.05, 3.63) is 85.1 Å². The quantitative estimate of drug-likeness (QED) is 0.330. The second-order valence-electron chi connectivity index (χ2n) is 6.54. The number of carbonyl (C=O) groups is 1. The lowest BCUT2D eigenvalue weighted by atomic mass is 10.2. The summed E-state index contributed by atoms with van der Waals surface area (Å²) >= 11 is 6.15. The first-order chi connectivity index (χ1) is 15.5. The van der Waals surface area contributed by atoms with Crippen LogP contribution in [0, 0.1) is 0 Å². The Bertz CT molecular complexity index is 1240. The molecule has 0 saturated heterocycles. The van der Waals surface area contributed by atoms with Gasteiger partial charge in [0.15, 0.2) is 11.5 Å². The van der Waals surface area contributed by atoms with Gasteiger partial charge < -0.3 is 9.47 Å². The van der Waals surface area contributed by atoms with Crippen LogP contribution in [-0.4, -0.2) is 34.4 Å². The molecule has 32 heavy (non-hydrogen) atoms. The van der Waals surface area contributed by atoms with E-state index >= 15 is 0 Å². The molecule has 0 aliphatic carbocycles. The van der Waals surface area contributed by atoms with Crippen LogP contribution in [0.1, 0.15) is 23.2 Å². The van der Waals surface area contributed by atoms with Crippen molar-refractivity contribution >= 4 is 23.7 Å². The largest absolute Gasteiger partial charge is 0.493 e. The van der Waals surface area contributed by atoms with Gasteiger partial charge in [-0.25, -0.2) is 15.3 Å². The molecule has 166 valence electrons. The topological polar surface area (TPSA) is 139 Å². The van der Waals surface area contributed by atoms with Gasteiger partial charge >= 0.3 is 5.69 Å². The van der Waals surface area contributed by atoms with E-state index in [-0.39, 0.29) is 25.1 Å². The first-order valence-corrected chi connectivity index (χ1v) is 9.88. The van der Waals surface area contributed by atoms with Crippen LogP contribution in [0.3, 0.4) is 0 Å². The lowest BCUT2D eigenvalue weighted by Gasteiger charge is -2.12. The predicted octanol–water partition coefficient (Wildman–Crippen LogP) is 1.78. The van der Waals surface area contributed by atoms with Gasteiger partial charge in [-0.05, 0) is 29.8 Å². The molecule has 3 aromatic rings. The number of methoxy groups -OCH3 is 1. The first kappa shape index (κ1) is 22.8. The second-order valence-corrected chi connectivity index (χ2v) is 6.94. The summed E-state index contributed by atoms with van der Waals surface area (Å²) in [5, 5.41) is 10.2. The third-order valence-corrected chi connectivity index (χ3v) is 4.67. The minimum atomic E-state index is -0.705. The number of nitrogens with one attached hydrogen (secondary N) is 3. The summed E-state index contributed by atoms with van der Waals surface area (Å²) in [6.45, 7) is 0.284. The Labute approximate surface area is 187 Å². The van der Waals surface area contributed by atoms with E-state index in [1.54, 1.807) is 24.3 Å². The van der Waals surface area contributed by atoms with Crippen LogP contribution in [-0.2, 0) is 17.8 Å². The molecule has 0 unspecified atom stereocenters. The number of aromatic nitrogens is 3. The Morgan fingerprint density at radius 1 is 1.22 bits per heavy atom. The Hall–Kier alpha value is -3.92. The molecule has 0 aliphatic heterocycles. The molecule has 0 radical (unpaired) electrons. The van der Waals surface area contributed by atoms with Gasteiger partial charge in [0.1, 0.15) is 12.3 Å². The number of hydrogen-bond acceptors (Lipinski definition) is 7. The van der Waals surface area contributed by atoms with E-state index in [0.717, 1.165) is 5.56 Å². The number of halogens is 1. The number of benzene rings is 2. The standard InChI is InChI=1S/C21H20ClN5O5/c1-31-18-10-13(6-8-17(18)32-12-14-4-2-3-5-15(14)22)11-23-26-19(28)9-7-16-20(29)24-21(30)27-25-16/h2-6,8,10-11H,7,9,12H2,1H3,(H,26,28)(H2,24,27,29,30). The van der Waals surface area contributed by atoms with Crippen molar-refractivity contribution in [2.24, 2.45) is 5.10 Å². The number of rotatable bonds is 9. The van der Waals surface area contributed by atoms with Gasteiger partial charge in [-0.3, -0.25) is 14.6 Å². The zero-order chi connectivity index (χ0) is 22.9. The van der Waals surface area contributed by atoms with Crippen LogP contribution in [0.15, 0.2) is 57.2 Å². The molecule has 0 saturated carbocycles. The van der Waals surface area contributed by atoms with Gasteiger partial charge in [-0.15, -0.1) is 0 Å². The molecule has 2 aromatic carbocycles. The highest BCUT2D eigenvalue weighted by Crippen LogP contribution is 2.29. The summed E-state index contributed by atoms with van der Waals surface area (Å²) in [7, 11) is 1.52. The summed E-state index contributed by atoms with van der Waals surface area (Å²) in [6.07, 6.45) is 1.47. The average molecular weight is 458 g/mol. The second kappa shape index (κ2) is 10.9. The van der Waals surface area contributed by atoms with Crippen molar-refractivity contribution in [3.63, 3.8) is 0 Å². The molecule has 0 spiro atoms. The van der Waals surface area contributed by atoms with Gasteiger partial charge in [0.25, 0.3) is 5.56 Å². The third-order valence-electron chi connectivity index (χ3n) is 4.30. The Balaban J connectivity index is 1.54. The van der Waals surface area contributed by atoms with Gasteiger partial charge in [0.05, 0.1) is 13.3 Å². The first-order valence-electron chi connectivity index (χ1n) is 9.50. The van der Waals surface area contributed by atoms with Crippen LogP contribution < -0.4 is 26.1 Å². The highest BCUT2D eigenvalue weighted by atomic mass is 35.5. The van der Waals surface area contributed by atoms with Crippen molar-refractivity contribution in [3.8, 4) is 11.5 Å². The molecule has 1 aromatic heterocycles. The number of hydrazone groups is 1. The molecular weight excluding hydrogens is 438 g/mol. The third kappa shape index (κ3) is 6.29. The predicted molar refractivity (Wildman–Crippen MR) is 118 cm³/mol. The summed E-state index contributed by atoms with van der Waals surface area (Å²) in [5.41, 5.74) is 2.61. The molecule has 0 atom stereocenters. The van der Waals surface area contributed by atoms with E-state index in [1.807, 2.05) is 23.2 Å². The maximum atomic E-state index is 11.9. The molecule has 1 heterocycles. The highest BCUT2D eigenvalue weighted by molar-refractivity contribution is 6.31. The van der Waals surface area contributed by atoms with Gasteiger partial charge in [-0.2, -0.15) is 10.2 Å². The summed E-state index contributed by atoms with van der Waals surface area (Å²) in [4.78, 5) is 36.5. The minimum Gasteiger partial charge on any atom is -0.493 e. The minimum absolute atomic E-state index is 0.0302. The molecule has 3 rings (SSSR count). The van der Waals surface area contributed by atoms with E-state index in [1.165, 1.54) is 13.3 Å². The van der Waals surface area contributed by atoms with Crippen molar-refractivity contribution in [1.82, 2.24) is 20.6 Å². The Kier molecular flexibility index (Phi) is 7.76. The molecule has 1 amide bonds. The summed E-state index contributed by atoms with van der Waals surface area (Å²) in [5.74, 6) is 0.614. The molecule has 0 fully saturated rings. The highest BCUT2D eigenvalue weighted by Gasteiger charge is 2.08. The fourth-order valence-corrected chi connectivity index (χ4v) is 2.85. The van der Waals surface area contributed by atoms with E-state index in [4.69, 9.17) is 21.1 Å². The maximum Gasteiger partial charge on any atom is 0.342 e. The number of carbonyl (C=O) groups excluding carboxylic acids is 1. The van der Waals surface area contributed by atoms with E-state index in [0.29, 0.717) is 22.1 Å². The fourth-order valence-electron chi connectivity index (χ4n) is 2.66. The number of amides is 1. The number of aromatic amines is 2. The number of H-pyrrole nitrogens is 2. The normalized spacial score (nSPS) is 10.8. The van der Waals surface area contributed by atoms with Crippen LogP contribution in [0.2, 0.25) is 5.02 Å². The van der Waals surface area contributed by atoms with Crippen molar-refractivity contribution in [2.75, 3.05) is 7.11 Å². The molecule has 0 aliphatic rings. The van der Waals surface area contributed by atoms with Crippen molar-refractivity contribution in [2.45, 2.75) is 19.4 Å². The van der Waals surface area contributed by atoms with E-state index in [9.17, 15) is 14.4 Å². The molecular formula is C21H20ClN5O5. The molecule has 0 bridgehead atoms. The zero-order valence-corrected chi connectivity index (χ0v) is 17.8. The van der Waals surface area contributed by atoms with Gasteiger partial charge in [-0.1, -0.05) is 29.8 Å². The van der Waals surface area contributed by atoms with Crippen molar-refractivity contribution < 1.29 is 14.3 Å². The monoisotopic (exact) mass is 457 g/mol. The molecule has 10 nitrogen and oxygen atoms in total. The van der Waals surface area contributed by atoms with E-state index < -0.39 is 17.2 Å².